The van der Waals surface area contributed by atoms with Crippen LogP contribution in [0.1, 0.15) is 34.0 Å². The van der Waals surface area contributed by atoms with Crippen molar-refractivity contribution in [3.8, 4) is 0 Å². The molecule has 102 valence electrons. The van der Waals surface area contributed by atoms with Gasteiger partial charge in [0.25, 0.3) is 0 Å². The molecule has 1 aromatic carbocycles. The zero-order chi connectivity index (χ0) is 14.0. The van der Waals surface area contributed by atoms with Crippen molar-refractivity contribution in [2.24, 2.45) is 12.9 Å². The average molecular weight is 258 g/mol. The molecule has 1 unspecified atom stereocenters. The van der Waals surface area contributed by atoms with E-state index in [1.54, 1.807) is 6.20 Å². The highest BCUT2D eigenvalue weighted by molar-refractivity contribution is 5.38. The monoisotopic (exact) mass is 258 g/mol. The van der Waals surface area contributed by atoms with Gasteiger partial charge in [-0.1, -0.05) is 17.7 Å². The van der Waals surface area contributed by atoms with Gasteiger partial charge in [0, 0.05) is 13.2 Å². The number of aryl methyl sites for hydroxylation is 4. The van der Waals surface area contributed by atoms with E-state index < -0.39 is 0 Å². The van der Waals surface area contributed by atoms with Crippen LogP contribution in [0.3, 0.4) is 0 Å². The Morgan fingerprint density at radius 1 is 1.26 bits per heavy atom. The zero-order valence-electron chi connectivity index (χ0n) is 12.1. The number of hydrazine groups is 1. The molecule has 1 aromatic heterocycles. The second kappa shape index (κ2) is 5.55. The molecular formula is C15H22N4. The maximum Gasteiger partial charge on any atom is 0.0669 e. The molecule has 0 spiro atoms. The summed E-state index contributed by atoms with van der Waals surface area (Å²) in [5.74, 6) is 5.72. The van der Waals surface area contributed by atoms with Gasteiger partial charge in [-0.25, -0.2) is 0 Å². The molecule has 0 saturated heterocycles. The number of nitrogens with two attached hydrogens (primary N) is 1. The van der Waals surface area contributed by atoms with Crippen LogP contribution in [0.15, 0.2) is 24.4 Å². The summed E-state index contributed by atoms with van der Waals surface area (Å²) in [5, 5.41) is 4.21. The molecule has 2 aromatic rings. The van der Waals surface area contributed by atoms with Crippen molar-refractivity contribution in [1.29, 1.82) is 0 Å². The van der Waals surface area contributed by atoms with Crippen LogP contribution in [0.25, 0.3) is 0 Å². The van der Waals surface area contributed by atoms with Gasteiger partial charge in [-0.15, -0.1) is 0 Å². The van der Waals surface area contributed by atoms with Crippen molar-refractivity contribution in [2.45, 2.75) is 33.2 Å². The van der Waals surface area contributed by atoms with E-state index in [1.165, 1.54) is 22.3 Å². The summed E-state index contributed by atoms with van der Waals surface area (Å²) in [6.45, 7) is 6.45. The van der Waals surface area contributed by atoms with E-state index >= 15 is 0 Å². The van der Waals surface area contributed by atoms with Crippen molar-refractivity contribution in [2.75, 3.05) is 0 Å². The predicted octanol–water partition coefficient (Wildman–Crippen LogP) is 2.09. The van der Waals surface area contributed by atoms with Crippen molar-refractivity contribution in [3.63, 3.8) is 0 Å². The van der Waals surface area contributed by atoms with Crippen LogP contribution in [0.2, 0.25) is 0 Å². The molecular weight excluding hydrogens is 236 g/mol. The number of nitrogens with zero attached hydrogens (tertiary/aromatic N) is 2. The Hall–Kier alpha value is -1.65. The SMILES string of the molecule is Cc1cc(C)c(CC(NN)c2ccnn2C)c(C)c1. The van der Waals surface area contributed by atoms with Crippen molar-refractivity contribution >= 4 is 0 Å². The van der Waals surface area contributed by atoms with E-state index in [0.717, 1.165) is 12.1 Å². The highest BCUT2D eigenvalue weighted by atomic mass is 15.3. The summed E-state index contributed by atoms with van der Waals surface area (Å²) in [5.41, 5.74) is 9.30. The number of hydrogen-bond donors (Lipinski definition) is 2. The molecule has 4 heteroatoms. The second-order valence-corrected chi connectivity index (χ2v) is 5.18. The van der Waals surface area contributed by atoms with Crippen LogP contribution in [0.4, 0.5) is 0 Å². The normalized spacial score (nSPS) is 12.7. The molecule has 0 bridgehead atoms. The van der Waals surface area contributed by atoms with Gasteiger partial charge < -0.3 is 0 Å². The molecule has 0 aliphatic rings. The minimum Gasteiger partial charge on any atom is -0.271 e. The van der Waals surface area contributed by atoms with Gasteiger partial charge in [0.05, 0.1) is 11.7 Å². The maximum atomic E-state index is 5.72. The quantitative estimate of drug-likeness (QED) is 0.652. The molecule has 4 nitrogen and oxygen atoms in total. The molecule has 0 aliphatic carbocycles. The van der Waals surface area contributed by atoms with Crippen molar-refractivity contribution in [3.05, 3.63) is 52.3 Å². The third kappa shape index (κ3) is 2.85. The van der Waals surface area contributed by atoms with Crippen molar-refractivity contribution < 1.29 is 0 Å². The van der Waals surface area contributed by atoms with E-state index in [0.29, 0.717) is 0 Å². The van der Waals surface area contributed by atoms with Gasteiger partial charge in [0.1, 0.15) is 0 Å². The molecule has 19 heavy (non-hydrogen) atoms. The molecule has 0 amide bonds. The van der Waals surface area contributed by atoms with Gasteiger partial charge in [-0.3, -0.25) is 16.0 Å². The molecule has 0 saturated carbocycles. The van der Waals surface area contributed by atoms with Crippen LogP contribution in [0.5, 0.6) is 0 Å². The Morgan fingerprint density at radius 2 is 1.89 bits per heavy atom. The summed E-state index contributed by atoms with van der Waals surface area (Å²) in [6.07, 6.45) is 2.67. The average Bonchev–Trinajstić information content (AvgIpc) is 2.75. The predicted molar refractivity (Wildman–Crippen MR) is 77.6 cm³/mol. The zero-order valence-corrected chi connectivity index (χ0v) is 12.1. The third-order valence-electron chi connectivity index (χ3n) is 3.67. The number of nitrogens with one attached hydrogen (secondary N) is 1. The smallest absolute Gasteiger partial charge is 0.0669 e. The first-order valence-electron chi connectivity index (χ1n) is 6.53. The Labute approximate surface area is 114 Å². The van der Waals surface area contributed by atoms with Crippen molar-refractivity contribution in [1.82, 2.24) is 15.2 Å². The molecule has 0 aliphatic heterocycles. The van der Waals surface area contributed by atoms with Crippen LogP contribution >= 0.6 is 0 Å². The Balaban J connectivity index is 2.32. The molecule has 3 N–H and O–H groups in total. The van der Waals surface area contributed by atoms with E-state index in [-0.39, 0.29) is 6.04 Å². The highest BCUT2D eigenvalue weighted by Gasteiger charge is 2.16. The Morgan fingerprint density at radius 3 is 2.37 bits per heavy atom. The Kier molecular flexibility index (Phi) is 4.02. The van der Waals surface area contributed by atoms with E-state index in [2.05, 4.69) is 43.4 Å². The first kappa shape index (κ1) is 13.8. The number of hydrogen-bond acceptors (Lipinski definition) is 3. The van der Waals surface area contributed by atoms with Gasteiger partial charge in [0.2, 0.25) is 0 Å². The van der Waals surface area contributed by atoms with Gasteiger partial charge in [-0.05, 0) is 49.9 Å². The lowest BCUT2D eigenvalue weighted by atomic mass is 9.93. The highest BCUT2D eigenvalue weighted by Crippen LogP contribution is 2.23. The van der Waals surface area contributed by atoms with E-state index in [1.807, 2.05) is 17.8 Å². The summed E-state index contributed by atoms with van der Waals surface area (Å²) in [7, 11) is 1.94. The standard InChI is InChI=1S/C15H22N4/c1-10-7-11(2)13(12(3)8-10)9-14(18-16)15-5-6-17-19(15)4/h5-8,14,18H,9,16H2,1-4H3. The van der Waals surface area contributed by atoms with Crippen LogP contribution in [-0.4, -0.2) is 9.78 Å². The third-order valence-corrected chi connectivity index (χ3v) is 3.67. The molecule has 1 heterocycles. The largest absolute Gasteiger partial charge is 0.271 e. The van der Waals surface area contributed by atoms with Gasteiger partial charge in [-0.2, -0.15) is 5.10 Å². The minimum atomic E-state index is 0.0765. The number of aromatic nitrogens is 2. The fraction of sp³-hybridized carbons (Fsp3) is 0.400. The lowest BCUT2D eigenvalue weighted by Crippen LogP contribution is -2.31. The van der Waals surface area contributed by atoms with Crippen LogP contribution in [-0.2, 0) is 13.5 Å². The molecule has 0 fully saturated rings. The topological polar surface area (TPSA) is 55.9 Å². The van der Waals surface area contributed by atoms with Gasteiger partial charge in [0.15, 0.2) is 0 Å². The summed E-state index contributed by atoms with van der Waals surface area (Å²) >= 11 is 0. The first-order chi connectivity index (χ1) is 9.02. The fourth-order valence-electron chi connectivity index (χ4n) is 2.71. The van der Waals surface area contributed by atoms with Gasteiger partial charge >= 0.3 is 0 Å². The van der Waals surface area contributed by atoms with Crippen LogP contribution in [0, 0.1) is 20.8 Å². The summed E-state index contributed by atoms with van der Waals surface area (Å²) in [4.78, 5) is 0. The van der Waals surface area contributed by atoms with E-state index in [4.69, 9.17) is 5.84 Å². The summed E-state index contributed by atoms with van der Waals surface area (Å²) < 4.78 is 1.86. The maximum absolute atomic E-state index is 5.72. The lowest BCUT2D eigenvalue weighted by Gasteiger charge is -2.19. The van der Waals surface area contributed by atoms with E-state index in [9.17, 15) is 0 Å². The number of benzene rings is 1. The molecule has 0 radical (unpaired) electrons. The Bertz CT molecular complexity index is 548. The first-order valence-corrected chi connectivity index (χ1v) is 6.53. The molecule has 2 rings (SSSR count). The molecule has 1 atom stereocenters. The second-order valence-electron chi connectivity index (χ2n) is 5.18. The lowest BCUT2D eigenvalue weighted by molar-refractivity contribution is 0.507. The fourth-order valence-corrected chi connectivity index (χ4v) is 2.71. The minimum absolute atomic E-state index is 0.0765. The van der Waals surface area contributed by atoms with Crippen LogP contribution < -0.4 is 11.3 Å². The summed E-state index contributed by atoms with van der Waals surface area (Å²) in [6, 6.07) is 6.52. The number of rotatable bonds is 4.